The molecule has 1 aromatic rings. The Labute approximate surface area is 455 Å². The summed E-state index contributed by atoms with van der Waals surface area (Å²) in [5.41, 5.74) is -1.71. The summed E-state index contributed by atoms with van der Waals surface area (Å²) >= 11 is 0. The molecule has 21 nitrogen and oxygen atoms in total. The van der Waals surface area contributed by atoms with Gasteiger partial charge >= 0.3 is 17.9 Å². The maximum absolute atomic E-state index is 15.6. The highest BCUT2D eigenvalue weighted by atomic mass is 16.8. The first-order valence-electron chi connectivity index (χ1n) is 27.8. The van der Waals surface area contributed by atoms with Crippen molar-refractivity contribution in [2.24, 2.45) is 50.2 Å². The highest BCUT2D eigenvalue weighted by Gasteiger charge is 2.72. The maximum Gasteiger partial charge on any atom is 0.337 e. The van der Waals surface area contributed by atoms with Crippen LogP contribution < -0.4 is 0 Å². The summed E-state index contributed by atoms with van der Waals surface area (Å²) in [6.07, 6.45) is -17.6. The van der Waals surface area contributed by atoms with Gasteiger partial charge in [-0.25, -0.2) is 4.79 Å². The number of phenols is 1. The van der Waals surface area contributed by atoms with Gasteiger partial charge in [-0.3, -0.25) is 9.59 Å². The fraction of sp³-hybridized carbons (Fsp3) is 0.807. The third kappa shape index (κ3) is 9.93. The van der Waals surface area contributed by atoms with Crippen LogP contribution in [0.2, 0.25) is 0 Å². The zero-order valence-corrected chi connectivity index (χ0v) is 46.0. The van der Waals surface area contributed by atoms with Crippen molar-refractivity contribution in [2.75, 3.05) is 20.3 Å². The summed E-state index contributed by atoms with van der Waals surface area (Å²) in [4.78, 5) is 41.9. The van der Waals surface area contributed by atoms with Crippen LogP contribution in [0.3, 0.4) is 0 Å². The second-order valence-electron chi connectivity index (χ2n) is 26.0. The SMILES string of the molecule is COC(=O)[C@H]1O[C@@H](O[C@H]2CC[C@]3(C)[C@H]4CC=C5[C@@H]6CC(C)(C)CC[C@]6(C(=O)O[C@@H]6OC[C@@H](O)[C@H](O[C@@H]7O[C@H](CO)[C@@H](O)[C@H](O)[C@H]7O)[C@H]6OC(=O)CCc6ccc(O)cc6)[C@H](O)C[C@@]5(C)[C@]4(C)CC[C@H]3C2(C)C)[C@H](O)[C@@H](O)[C@@H]1O. The summed E-state index contributed by atoms with van der Waals surface area (Å²) in [6.45, 7) is 14.2. The number of methoxy groups -OCH3 is 1. The van der Waals surface area contributed by atoms with E-state index in [-0.39, 0.29) is 59.5 Å². The van der Waals surface area contributed by atoms with Crippen LogP contribution in [-0.4, -0.2) is 188 Å². The highest BCUT2D eigenvalue weighted by Crippen LogP contribution is 2.76. The third-order valence-corrected chi connectivity index (χ3v) is 20.9. The molecule has 1 aromatic carbocycles. The molecule has 9 rings (SSSR count). The summed E-state index contributed by atoms with van der Waals surface area (Å²) in [6, 6.07) is 6.21. The van der Waals surface area contributed by atoms with Crippen LogP contribution in [0.4, 0.5) is 0 Å². The van der Waals surface area contributed by atoms with Crippen LogP contribution in [-0.2, 0) is 58.7 Å². The molecule has 3 aliphatic heterocycles. The van der Waals surface area contributed by atoms with Crippen molar-refractivity contribution in [1.82, 2.24) is 0 Å². The predicted molar refractivity (Wildman–Crippen MR) is 271 cm³/mol. The van der Waals surface area contributed by atoms with Gasteiger partial charge in [-0.05, 0) is 127 Å². The van der Waals surface area contributed by atoms with Gasteiger partial charge < -0.3 is 89.0 Å². The molecule has 0 bridgehead atoms. The minimum atomic E-state index is -1.90. The molecule has 0 unspecified atom stereocenters. The standard InChI is InChI=1S/C57H84O21/c1-52(2)21-22-57(51(70)78-50-46(75-37(62)16-11-27-9-12-28(59)13-10-27)44(31(60)26-72-50)76-48-42(67)39(64)38(63)32(25-58)73-48)30(23-52)29-14-15-34-54(5)19-18-36(74-49-43(68)40(65)41(66)45(77-49)47(69)71-8)53(3,4)33(54)17-20-55(34,6)56(29,7)24-35(57)61/h9-10,12-14,30-36,38-46,48-50,58-61,63-68H,11,15-26H2,1-8H3/t30-,31+,32+,33-,34+,35+,36-,38+,39-,40-,41-,42+,43+,44-,45-,46+,48-,49+,50-,54-,55+,56+,57+/m0/s1. The van der Waals surface area contributed by atoms with E-state index in [4.69, 9.17) is 37.9 Å². The minimum absolute atomic E-state index is 0.0354. The number of aliphatic hydroxyl groups is 9. The summed E-state index contributed by atoms with van der Waals surface area (Å²) < 4.78 is 47.3. The highest BCUT2D eigenvalue weighted by molar-refractivity contribution is 5.80. The van der Waals surface area contributed by atoms with E-state index in [1.54, 1.807) is 12.1 Å². The quantitative estimate of drug-likeness (QED) is 0.0618. The number of aryl methyl sites for hydroxylation is 1. The normalized spacial score (nSPS) is 46.7. The molecule has 0 spiro atoms. The molecule has 21 heteroatoms. The first kappa shape index (κ1) is 59.2. The van der Waals surface area contributed by atoms with E-state index < -0.39 is 152 Å². The largest absolute Gasteiger partial charge is 0.508 e. The van der Waals surface area contributed by atoms with Crippen LogP contribution in [0, 0.1) is 50.2 Å². The molecular formula is C57H84O21. The van der Waals surface area contributed by atoms with E-state index in [2.05, 4.69) is 54.5 Å². The Kier molecular flexibility index (Phi) is 16.5. The number of allylic oxidation sites excluding steroid dienone is 2. The lowest BCUT2D eigenvalue weighted by Gasteiger charge is -2.71. The lowest BCUT2D eigenvalue weighted by atomic mass is 9.33. The number of ether oxygens (including phenoxy) is 8. The molecular weight excluding hydrogens is 1020 g/mol. The smallest absolute Gasteiger partial charge is 0.337 e. The molecule has 5 aliphatic carbocycles. The average Bonchev–Trinajstić information content (AvgIpc) is 2.34. The molecule has 438 valence electrons. The molecule has 23 atom stereocenters. The number of hydrogen-bond acceptors (Lipinski definition) is 21. The number of aromatic hydroxyl groups is 1. The molecule has 3 saturated heterocycles. The number of fused-ring (bicyclic) bond motifs is 7. The van der Waals surface area contributed by atoms with Gasteiger partial charge in [0.15, 0.2) is 24.8 Å². The molecule has 8 aliphatic rings. The van der Waals surface area contributed by atoms with E-state index in [1.807, 2.05) is 0 Å². The molecule has 4 saturated carbocycles. The van der Waals surface area contributed by atoms with Gasteiger partial charge in [-0.15, -0.1) is 0 Å². The molecule has 0 radical (unpaired) electrons. The topological polar surface area (TPSA) is 327 Å². The molecule has 7 fully saturated rings. The molecule has 0 aromatic heterocycles. The Hall–Kier alpha value is -3.39. The van der Waals surface area contributed by atoms with Gasteiger partial charge in [0.25, 0.3) is 0 Å². The number of hydrogen-bond donors (Lipinski definition) is 10. The lowest BCUT2D eigenvalue weighted by Crippen LogP contribution is -2.68. The van der Waals surface area contributed by atoms with Crippen molar-refractivity contribution in [1.29, 1.82) is 0 Å². The Morgan fingerprint density at radius 3 is 2.04 bits per heavy atom. The van der Waals surface area contributed by atoms with E-state index in [0.717, 1.165) is 31.9 Å². The Bertz CT molecular complexity index is 2380. The second-order valence-corrected chi connectivity index (χ2v) is 26.0. The Morgan fingerprint density at radius 2 is 1.37 bits per heavy atom. The second kappa shape index (κ2) is 21.7. The van der Waals surface area contributed by atoms with E-state index in [1.165, 1.54) is 12.1 Å². The van der Waals surface area contributed by atoms with Gasteiger partial charge in [0.1, 0.15) is 66.1 Å². The van der Waals surface area contributed by atoms with Crippen molar-refractivity contribution < 1.29 is 103 Å². The summed E-state index contributed by atoms with van der Waals surface area (Å²) in [7, 11) is 1.14. The zero-order valence-electron chi connectivity index (χ0n) is 46.0. The number of rotatable bonds is 12. The van der Waals surface area contributed by atoms with E-state index in [0.29, 0.717) is 31.2 Å². The first-order valence-corrected chi connectivity index (χ1v) is 27.8. The Balaban J connectivity index is 0.991. The van der Waals surface area contributed by atoms with Gasteiger partial charge in [-0.1, -0.05) is 72.2 Å². The maximum atomic E-state index is 15.6. The fourth-order valence-corrected chi connectivity index (χ4v) is 16.2. The van der Waals surface area contributed by atoms with Crippen molar-refractivity contribution in [3.63, 3.8) is 0 Å². The average molecular weight is 1110 g/mol. The number of phenolic OH excluding ortho intramolecular Hbond substituents is 1. The molecule has 10 N–H and O–H groups in total. The number of benzene rings is 1. The van der Waals surface area contributed by atoms with Crippen LogP contribution in [0.25, 0.3) is 0 Å². The van der Waals surface area contributed by atoms with Crippen LogP contribution >= 0.6 is 0 Å². The molecule has 0 amide bonds. The Morgan fingerprint density at radius 1 is 0.705 bits per heavy atom. The van der Waals surface area contributed by atoms with Crippen molar-refractivity contribution in [3.05, 3.63) is 41.5 Å². The van der Waals surface area contributed by atoms with Crippen molar-refractivity contribution >= 4 is 17.9 Å². The predicted octanol–water partition coefficient (Wildman–Crippen LogP) is 1.82. The number of carbonyl (C=O) groups excluding carboxylic acids is 3. The van der Waals surface area contributed by atoms with Crippen LogP contribution in [0.1, 0.15) is 118 Å². The van der Waals surface area contributed by atoms with E-state index >= 15 is 4.79 Å². The van der Waals surface area contributed by atoms with Gasteiger partial charge in [0.2, 0.25) is 6.29 Å². The third-order valence-electron chi connectivity index (χ3n) is 20.9. The van der Waals surface area contributed by atoms with Crippen molar-refractivity contribution in [2.45, 2.75) is 217 Å². The van der Waals surface area contributed by atoms with E-state index in [9.17, 15) is 60.7 Å². The fourth-order valence-electron chi connectivity index (χ4n) is 16.2. The summed E-state index contributed by atoms with van der Waals surface area (Å²) in [5.74, 6) is -2.75. The van der Waals surface area contributed by atoms with Crippen LogP contribution in [0.15, 0.2) is 35.9 Å². The van der Waals surface area contributed by atoms with Crippen LogP contribution in [0.5, 0.6) is 5.75 Å². The lowest BCUT2D eigenvalue weighted by molar-refractivity contribution is -0.347. The number of esters is 3. The van der Waals surface area contributed by atoms with Gasteiger partial charge in [0, 0.05) is 6.42 Å². The van der Waals surface area contributed by atoms with Gasteiger partial charge in [-0.2, -0.15) is 0 Å². The first-order chi connectivity index (χ1) is 36.6. The monoisotopic (exact) mass is 1100 g/mol. The minimum Gasteiger partial charge on any atom is -0.508 e. The number of carbonyl (C=O) groups is 3. The van der Waals surface area contributed by atoms with Gasteiger partial charge in [0.05, 0.1) is 32.5 Å². The zero-order chi connectivity index (χ0) is 56.8. The number of aliphatic hydroxyl groups excluding tert-OH is 9. The molecule has 78 heavy (non-hydrogen) atoms. The van der Waals surface area contributed by atoms with Crippen molar-refractivity contribution in [3.8, 4) is 5.75 Å². The summed E-state index contributed by atoms with van der Waals surface area (Å²) in [5, 5.41) is 109. The molecule has 3 heterocycles.